The van der Waals surface area contributed by atoms with Crippen LogP contribution in [0, 0.1) is 5.92 Å². The van der Waals surface area contributed by atoms with Crippen LogP contribution in [0.4, 0.5) is 0 Å². The molecule has 1 unspecified atom stereocenters. The van der Waals surface area contributed by atoms with E-state index in [9.17, 15) is 9.00 Å². The Balaban J connectivity index is 2.47. The van der Waals surface area contributed by atoms with Crippen LogP contribution in [0.25, 0.3) is 0 Å². The smallest absolute Gasteiger partial charge is 0.237 e. The third kappa shape index (κ3) is 6.93. The summed E-state index contributed by atoms with van der Waals surface area (Å²) in [5.41, 5.74) is 5.72. The van der Waals surface area contributed by atoms with E-state index < -0.39 is 21.6 Å². The number of piperidine rings is 1. The van der Waals surface area contributed by atoms with E-state index in [0.29, 0.717) is 18.8 Å². The van der Waals surface area contributed by atoms with Crippen molar-refractivity contribution in [2.75, 3.05) is 26.3 Å². The topological polar surface area (TPSA) is 72.6 Å². The second-order valence-electron chi connectivity index (χ2n) is 7.62. The Labute approximate surface area is 163 Å². The predicted octanol–water partition coefficient (Wildman–Crippen LogP) is 3.78. The zero-order valence-corrected chi connectivity index (χ0v) is 18.0. The Bertz CT molecular complexity index is 417. The van der Waals surface area contributed by atoms with E-state index in [1.54, 1.807) is 0 Å². The Kier molecular flexibility index (Phi) is 11.6. The highest BCUT2D eigenvalue weighted by Crippen LogP contribution is 2.31. The van der Waals surface area contributed by atoms with Crippen LogP contribution < -0.4 is 5.73 Å². The molecule has 0 radical (unpaired) electrons. The maximum absolute atomic E-state index is 13.2. The van der Waals surface area contributed by atoms with E-state index in [2.05, 4.69) is 6.92 Å². The van der Waals surface area contributed by atoms with Crippen LogP contribution in [0.15, 0.2) is 0 Å². The first-order chi connectivity index (χ1) is 12.5. The summed E-state index contributed by atoms with van der Waals surface area (Å²) in [6.07, 6.45) is 9.72. The molecule has 1 amide bonds. The van der Waals surface area contributed by atoms with Gasteiger partial charge in [0.15, 0.2) is 0 Å². The first-order valence-electron chi connectivity index (χ1n) is 10.6. The molecule has 0 spiro atoms. The fraction of sp³-hybridized carbons (Fsp3) is 0.950. The fourth-order valence-corrected chi connectivity index (χ4v) is 5.78. The molecule has 1 saturated heterocycles. The molecule has 154 valence electrons. The SMILES string of the molecule is CCCCCCOCC1CCN(S(=O)C(CCC)(CCC)C(N)=O)CC1. The van der Waals surface area contributed by atoms with Crippen LogP contribution in [0.3, 0.4) is 0 Å². The monoisotopic (exact) mass is 388 g/mol. The van der Waals surface area contributed by atoms with Gasteiger partial charge in [-0.15, -0.1) is 0 Å². The molecule has 1 aliphatic rings. The van der Waals surface area contributed by atoms with Gasteiger partial charge in [-0.1, -0.05) is 52.9 Å². The minimum Gasteiger partial charge on any atom is -0.381 e. The van der Waals surface area contributed by atoms with Gasteiger partial charge in [0.1, 0.15) is 15.7 Å². The van der Waals surface area contributed by atoms with Crippen molar-refractivity contribution in [1.82, 2.24) is 4.31 Å². The molecule has 0 bridgehead atoms. The number of carbonyl (C=O) groups is 1. The van der Waals surface area contributed by atoms with Crippen molar-refractivity contribution in [2.45, 2.75) is 89.7 Å². The van der Waals surface area contributed by atoms with Crippen LogP contribution in [-0.4, -0.2) is 45.5 Å². The number of carbonyl (C=O) groups excluding carboxylic acids is 1. The number of nitrogens with two attached hydrogens (primary N) is 1. The standard InChI is InChI=1S/C20H40N2O3S/c1-4-7-8-9-16-25-17-18-10-14-22(15-11-18)26(24)20(12-5-2,13-6-3)19(21)23/h18H,4-17H2,1-3H3,(H2,21,23). The van der Waals surface area contributed by atoms with E-state index in [-0.39, 0.29) is 0 Å². The van der Waals surface area contributed by atoms with Crippen LogP contribution in [0.2, 0.25) is 0 Å². The van der Waals surface area contributed by atoms with Crippen molar-refractivity contribution < 1.29 is 13.7 Å². The third-order valence-corrected chi connectivity index (χ3v) is 7.51. The van der Waals surface area contributed by atoms with Crippen molar-refractivity contribution in [2.24, 2.45) is 11.7 Å². The number of ether oxygens (including phenoxy) is 1. The molecule has 1 atom stereocenters. The van der Waals surface area contributed by atoms with Gasteiger partial charge in [0.2, 0.25) is 5.91 Å². The molecule has 0 aromatic rings. The van der Waals surface area contributed by atoms with Crippen molar-refractivity contribution >= 4 is 16.9 Å². The summed E-state index contributed by atoms with van der Waals surface area (Å²) in [7, 11) is -1.34. The third-order valence-electron chi connectivity index (χ3n) is 5.39. The summed E-state index contributed by atoms with van der Waals surface area (Å²) in [6, 6.07) is 0. The average Bonchev–Trinajstić information content (AvgIpc) is 2.64. The molecule has 6 heteroatoms. The van der Waals surface area contributed by atoms with Crippen LogP contribution in [-0.2, 0) is 20.5 Å². The highest BCUT2D eigenvalue weighted by atomic mass is 32.2. The van der Waals surface area contributed by atoms with Gasteiger partial charge in [0, 0.05) is 26.3 Å². The van der Waals surface area contributed by atoms with E-state index in [1.807, 2.05) is 18.2 Å². The molecule has 0 aromatic carbocycles. The van der Waals surface area contributed by atoms with E-state index in [1.165, 1.54) is 19.3 Å². The molecule has 1 heterocycles. The van der Waals surface area contributed by atoms with Crippen LogP contribution in [0.1, 0.15) is 85.0 Å². The molecule has 1 rings (SSSR count). The van der Waals surface area contributed by atoms with Gasteiger partial charge in [-0.05, 0) is 38.0 Å². The lowest BCUT2D eigenvalue weighted by molar-refractivity contribution is -0.120. The summed E-state index contributed by atoms with van der Waals surface area (Å²) in [6.45, 7) is 9.44. The van der Waals surface area contributed by atoms with Gasteiger partial charge < -0.3 is 10.5 Å². The molecular formula is C20H40N2O3S. The Hall–Kier alpha value is -0.460. The van der Waals surface area contributed by atoms with Crippen molar-refractivity contribution in [3.05, 3.63) is 0 Å². The lowest BCUT2D eigenvalue weighted by Crippen LogP contribution is -2.54. The molecule has 0 saturated carbocycles. The second kappa shape index (κ2) is 12.8. The molecular weight excluding hydrogens is 348 g/mol. The summed E-state index contributed by atoms with van der Waals surface area (Å²) in [5.74, 6) is 0.131. The van der Waals surface area contributed by atoms with E-state index in [0.717, 1.165) is 58.4 Å². The fourth-order valence-electron chi connectivity index (χ4n) is 3.81. The first kappa shape index (κ1) is 23.6. The van der Waals surface area contributed by atoms with Crippen molar-refractivity contribution in [3.8, 4) is 0 Å². The predicted molar refractivity (Wildman–Crippen MR) is 109 cm³/mol. The van der Waals surface area contributed by atoms with Gasteiger partial charge in [-0.25, -0.2) is 8.51 Å². The molecule has 26 heavy (non-hydrogen) atoms. The molecule has 5 nitrogen and oxygen atoms in total. The van der Waals surface area contributed by atoms with Gasteiger partial charge in [0.25, 0.3) is 0 Å². The number of rotatable bonds is 14. The number of primary amides is 1. The zero-order chi connectivity index (χ0) is 19.4. The number of nitrogens with zero attached hydrogens (tertiary/aromatic N) is 1. The lowest BCUT2D eigenvalue weighted by Gasteiger charge is -2.38. The number of hydrogen-bond donors (Lipinski definition) is 1. The van der Waals surface area contributed by atoms with Crippen molar-refractivity contribution in [1.29, 1.82) is 0 Å². The highest BCUT2D eigenvalue weighted by Gasteiger charge is 2.44. The molecule has 0 aliphatic carbocycles. The number of hydrogen-bond acceptors (Lipinski definition) is 3. The normalized spacial score (nSPS) is 18.1. The zero-order valence-electron chi connectivity index (χ0n) is 17.1. The van der Waals surface area contributed by atoms with E-state index in [4.69, 9.17) is 10.5 Å². The molecule has 1 aliphatic heterocycles. The Morgan fingerprint density at radius 1 is 1.08 bits per heavy atom. The minimum atomic E-state index is -1.34. The van der Waals surface area contributed by atoms with Crippen LogP contribution >= 0.6 is 0 Å². The van der Waals surface area contributed by atoms with Gasteiger partial charge in [0.05, 0.1) is 0 Å². The minimum absolute atomic E-state index is 0.405. The molecule has 2 N–H and O–H groups in total. The summed E-state index contributed by atoms with van der Waals surface area (Å²) in [4.78, 5) is 12.2. The quantitative estimate of drug-likeness (QED) is 0.460. The largest absolute Gasteiger partial charge is 0.381 e. The van der Waals surface area contributed by atoms with Crippen LogP contribution in [0.5, 0.6) is 0 Å². The van der Waals surface area contributed by atoms with Gasteiger partial charge in [-0.3, -0.25) is 4.79 Å². The maximum atomic E-state index is 13.2. The first-order valence-corrected chi connectivity index (χ1v) is 11.7. The number of amides is 1. The lowest BCUT2D eigenvalue weighted by atomic mass is 9.96. The summed E-state index contributed by atoms with van der Waals surface area (Å²) in [5, 5.41) is 0. The van der Waals surface area contributed by atoms with E-state index >= 15 is 0 Å². The number of unbranched alkanes of at least 4 members (excludes halogenated alkanes) is 3. The van der Waals surface area contributed by atoms with Crippen molar-refractivity contribution in [3.63, 3.8) is 0 Å². The summed E-state index contributed by atoms with van der Waals surface area (Å²) >= 11 is 0. The summed E-state index contributed by atoms with van der Waals surface area (Å²) < 4.78 is 20.1. The highest BCUT2D eigenvalue weighted by molar-refractivity contribution is 7.85. The molecule has 1 fully saturated rings. The van der Waals surface area contributed by atoms with Gasteiger partial charge >= 0.3 is 0 Å². The Morgan fingerprint density at radius 3 is 2.19 bits per heavy atom. The average molecular weight is 389 g/mol. The second-order valence-corrected chi connectivity index (χ2v) is 9.41. The maximum Gasteiger partial charge on any atom is 0.237 e. The van der Waals surface area contributed by atoms with Gasteiger partial charge in [-0.2, -0.15) is 0 Å². The molecule has 0 aromatic heterocycles. The Morgan fingerprint density at radius 2 is 1.69 bits per heavy atom.